The van der Waals surface area contributed by atoms with Crippen LogP contribution in [0.2, 0.25) is 0 Å². The molecular weight excluding hydrogens is 164 g/mol. The van der Waals surface area contributed by atoms with Gasteiger partial charge in [-0.3, -0.25) is 4.68 Å². The minimum atomic E-state index is 0.478. The summed E-state index contributed by atoms with van der Waals surface area (Å²) < 4.78 is 7.30. The molecule has 0 radical (unpaired) electrons. The van der Waals surface area contributed by atoms with Crippen molar-refractivity contribution in [3.8, 4) is 0 Å². The van der Waals surface area contributed by atoms with E-state index in [0.29, 0.717) is 12.0 Å². The maximum atomic E-state index is 5.17. The summed E-state index contributed by atoms with van der Waals surface area (Å²) in [7, 11) is 0. The highest BCUT2D eigenvalue weighted by Crippen LogP contribution is 2.25. The molecule has 0 spiro atoms. The number of hydrogen-bond donors (Lipinski definition) is 0. The highest BCUT2D eigenvalue weighted by molar-refractivity contribution is 5.19. The molecule has 0 aliphatic carbocycles. The van der Waals surface area contributed by atoms with E-state index in [4.69, 9.17) is 4.74 Å². The Hall–Kier alpha value is -0.830. The van der Waals surface area contributed by atoms with Gasteiger partial charge in [0.1, 0.15) is 0 Å². The lowest BCUT2D eigenvalue weighted by Gasteiger charge is -2.28. The summed E-state index contributed by atoms with van der Waals surface area (Å²) in [5.74, 6) is 0.545. The average molecular weight is 180 g/mol. The Morgan fingerprint density at radius 1 is 1.54 bits per heavy atom. The van der Waals surface area contributed by atoms with Gasteiger partial charge in [0.05, 0.1) is 25.5 Å². The van der Waals surface area contributed by atoms with Gasteiger partial charge in [0.25, 0.3) is 0 Å². The van der Waals surface area contributed by atoms with Gasteiger partial charge in [0, 0.05) is 5.69 Å². The molecule has 1 aliphatic heterocycles. The molecule has 1 aromatic heterocycles. The molecule has 1 aromatic rings. The Labute approximate surface area is 78.7 Å². The maximum Gasteiger partial charge on any atom is 0.0988 e. The summed E-state index contributed by atoms with van der Waals surface area (Å²) in [6.45, 7) is 8.18. The van der Waals surface area contributed by atoms with Gasteiger partial charge in [-0.1, -0.05) is 13.8 Å². The first-order valence-corrected chi connectivity index (χ1v) is 4.82. The highest BCUT2D eigenvalue weighted by atomic mass is 16.5. The smallest absolute Gasteiger partial charge is 0.0988 e. The van der Waals surface area contributed by atoms with Crippen molar-refractivity contribution in [2.24, 2.45) is 0 Å². The molecule has 3 heteroatoms. The normalized spacial score (nSPS) is 17.8. The second kappa shape index (κ2) is 3.14. The van der Waals surface area contributed by atoms with Crippen molar-refractivity contribution < 1.29 is 4.74 Å². The van der Waals surface area contributed by atoms with Crippen molar-refractivity contribution in [2.45, 2.75) is 32.7 Å². The Balaban J connectivity index is 2.33. The Bertz CT molecular complexity index is 300. The lowest BCUT2D eigenvalue weighted by atomic mass is 10.1. The number of rotatable bonds is 2. The molecule has 2 rings (SSSR count). The van der Waals surface area contributed by atoms with E-state index in [1.54, 1.807) is 0 Å². The average Bonchev–Trinajstić information content (AvgIpc) is 2.28. The van der Waals surface area contributed by atoms with Crippen LogP contribution in [0.4, 0.5) is 0 Å². The van der Waals surface area contributed by atoms with Gasteiger partial charge < -0.3 is 4.74 Å². The largest absolute Gasteiger partial charge is 0.377 e. The molecule has 3 nitrogen and oxygen atoms in total. The molecule has 72 valence electrons. The second-order valence-corrected chi connectivity index (χ2v) is 4.00. The number of nitrogens with zero attached hydrogens (tertiary/aromatic N) is 2. The zero-order chi connectivity index (χ0) is 9.42. The summed E-state index contributed by atoms with van der Waals surface area (Å²) >= 11 is 0. The summed E-state index contributed by atoms with van der Waals surface area (Å²) in [5, 5.41) is 4.40. The van der Waals surface area contributed by atoms with Gasteiger partial charge in [0.15, 0.2) is 0 Å². The topological polar surface area (TPSA) is 27.1 Å². The van der Waals surface area contributed by atoms with Crippen LogP contribution in [0.15, 0.2) is 6.20 Å². The predicted octanol–water partition coefficient (Wildman–Crippen LogP) is 1.89. The third kappa shape index (κ3) is 1.37. The van der Waals surface area contributed by atoms with Crippen molar-refractivity contribution in [2.75, 3.05) is 13.2 Å². The zero-order valence-corrected chi connectivity index (χ0v) is 8.45. The van der Waals surface area contributed by atoms with Gasteiger partial charge in [-0.25, -0.2) is 0 Å². The van der Waals surface area contributed by atoms with Gasteiger partial charge in [-0.05, 0) is 18.4 Å². The lowest BCUT2D eigenvalue weighted by molar-refractivity contribution is -0.0301. The summed E-state index contributed by atoms with van der Waals surface area (Å²) in [5.41, 5.74) is 2.65. The van der Waals surface area contributed by atoms with Crippen LogP contribution in [-0.2, 0) is 4.74 Å². The molecule has 1 saturated heterocycles. The van der Waals surface area contributed by atoms with E-state index in [0.717, 1.165) is 13.2 Å². The molecule has 1 fully saturated rings. The molecule has 2 heterocycles. The van der Waals surface area contributed by atoms with Crippen LogP contribution in [0.3, 0.4) is 0 Å². The van der Waals surface area contributed by atoms with E-state index in [9.17, 15) is 0 Å². The SMILES string of the molecule is Cc1cnn(C2COC2)c1C(C)C. The van der Waals surface area contributed by atoms with Crippen LogP contribution in [-0.4, -0.2) is 23.0 Å². The standard InChI is InChI=1S/C10H16N2O/c1-7(2)10-8(3)4-11-12(10)9-5-13-6-9/h4,7,9H,5-6H2,1-3H3. The first-order valence-electron chi connectivity index (χ1n) is 4.82. The van der Waals surface area contributed by atoms with Gasteiger partial charge in [0.2, 0.25) is 0 Å². The number of hydrogen-bond acceptors (Lipinski definition) is 2. The second-order valence-electron chi connectivity index (χ2n) is 4.00. The minimum Gasteiger partial charge on any atom is -0.377 e. The van der Waals surface area contributed by atoms with Crippen LogP contribution in [0, 0.1) is 6.92 Å². The quantitative estimate of drug-likeness (QED) is 0.695. The number of aromatic nitrogens is 2. The molecule has 0 aromatic carbocycles. The van der Waals surface area contributed by atoms with Crippen LogP contribution < -0.4 is 0 Å². The maximum absolute atomic E-state index is 5.17. The molecule has 0 N–H and O–H groups in total. The Morgan fingerprint density at radius 2 is 2.23 bits per heavy atom. The summed E-state index contributed by atoms with van der Waals surface area (Å²) in [6, 6.07) is 0.478. The van der Waals surface area contributed by atoms with Crippen molar-refractivity contribution in [1.29, 1.82) is 0 Å². The van der Waals surface area contributed by atoms with E-state index in [-0.39, 0.29) is 0 Å². The van der Waals surface area contributed by atoms with Crippen molar-refractivity contribution >= 4 is 0 Å². The first-order chi connectivity index (χ1) is 6.20. The van der Waals surface area contributed by atoms with Crippen molar-refractivity contribution in [3.63, 3.8) is 0 Å². The van der Waals surface area contributed by atoms with E-state index < -0.39 is 0 Å². The number of ether oxygens (including phenoxy) is 1. The van der Waals surface area contributed by atoms with E-state index >= 15 is 0 Å². The summed E-state index contributed by atoms with van der Waals surface area (Å²) in [6.07, 6.45) is 1.95. The monoisotopic (exact) mass is 180 g/mol. The van der Waals surface area contributed by atoms with Crippen molar-refractivity contribution in [1.82, 2.24) is 9.78 Å². The van der Waals surface area contributed by atoms with Gasteiger partial charge >= 0.3 is 0 Å². The Kier molecular flexibility index (Phi) is 2.12. The lowest BCUT2D eigenvalue weighted by Crippen LogP contribution is -2.32. The molecule has 0 atom stereocenters. The third-order valence-corrected chi connectivity index (χ3v) is 2.54. The van der Waals surface area contributed by atoms with E-state index in [2.05, 4.69) is 30.6 Å². The molecular formula is C10H16N2O. The fourth-order valence-electron chi connectivity index (χ4n) is 1.83. The highest BCUT2D eigenvalue weighted by Gasteiger charge is 2.25. The molecule has 13 heavy (non-hydrogen) atoms. The van der Waals surface area contributed by atoms with Crippen LogP contribution >= 0.6 is 0 Å². The predicted molar refractivity (Wildman–Crippen MR) is 50.9 cm³/mol. The minimum absolute atomic E-state index is 0.478. The van der Waals surface area contributed by atoms with Crippen LogP contribution in [0.25, 0.3) is 0 Å². The third-order valence-electron chi connectivity index (χ3n) is 2.54. The molecule has 0 bridgehead atoms. The zero-order valence-electron chi connectivity index (χ0n) is 8.45. The molecule has 0 saturated carbocycles. The number of aryl methyl sites for hydroxylation is 1. The first kappa shape index (κ1) is 8.75. The van der Waals surface area contributed by atoms with Gasteiger partial charge in [-0.2, -0.15) is 5.10 Å². The molecule has 1 aliphatic rings. The van der Waals surface area contributed by atoms with E-state index in [1.807, 2.05) is 6.20 Å². The fourth-order valence-corrected chi connectivity index (χ4v) is 1.83. The Morgan fingerprint density at radius 3 is 2.69 bits per heavy atom. The van der Waals surface area contributed by atoms with Crippen molar-refractivity contribution in [3.05, 3.63) is 17.5 Å². The van der Waals surface area contributed by atoms with Crippen LogP contribution in [0.1, 0.15) is 37.1 Å². The molecule has 0 amide bonds. The van der Waals surface area contributed by atoms with E-state index in [1.165, 1.54) is 11.3 Å². The summed E-state index contributed by atoms with van der Waals surface area (Å²) in [4.78, 5) is 0. The fraction of sp³-hybridized carbons (Fsp3) is 0.700. The molecule has 0 unspecified atom stereocenters. The van der Waals surface area contributed by atoms with Crippen LogP contribution in [0.5, 0.6) is 0 Å². The van der Waals surface area contributed by atoms with Gasteiger partial charge in [-0.15, -0.1) is 0 Å².